The molecule has 2 rings (SSSR count). The third kappa shape index (κ3) is 6.38. The van der Waals surface area contributed by atoms with Crippen molar-refractivity contribution in [2.24, 2.45) is 0 Å². The fourth-order valence-electron chi connectivity index (χ4n) is 2.42. The van der Waals surface area contributed by atoms with Gasteiger partial charge in [0.2, 0.25) is 10.0 Å². The molecule has 6 heteroatoms. The van der Waals surface area contributed by atoms with Crippen molar-refractivity contribution in [2.45, 2.75) is 24.8 Å². The van der Waals surface area contributed by atoms with Crippen LogP contribution >= 0.6 is 0 Å². The van der Waals surface area contributed by atoms with Crippen LogP contribution in [0, 0.1) is 19.3 Å². The Morgan fingerprint density at radius 1 is 1.14 bits per heavy atom. The molecule has 2 aromatic rings. The van der Waals surface area contributed by atoms with Gasteiger partial charge in [0.15, 0.2) is 0 Å². The smallest absolute Gasteiger partial charge is 0.330 e. The predicted molar refractivity (Wildman–Crippen MR) is 109 cm³/mol. The molecular formula is C22H23NO4S. The Morgan fingerprint density at radius 2 is 1.82 bits per heavy atom. The highest BCUT2D eigenvalue weighted by Crippen LogP contribution is 2.16. The lowest BCUT2D eigenvalue weighted by atomic mass is 10.2. The first-order valence-corrected chi connectivity index (χ1v) is 10.2. The second-order valence-corrected chi connectivity index (χ2v) is 8.08. The summed E-state index contributed by atoms with van der Waals surface area (Å²) in [7, 11) is -3.69. The molecule has 0 spiro atoms. The molecule has 0 aromatic heterocycles. The van der Waals surface area contributed by atoms with Crippen LogP contribution in [0.3, 0.4) is 0 Å². The van der Waals surface area contributed by atoms with Crippen LogP contribution in [0.2, 0.25) is 0 Å². The highest BCUT2D eigenvalue weighted by molar-refractivity contribution is 7.89. The Labute approximate surface area is 166 Å². The highest BCUT2D eigenvalue weighted by Gasteiger charge is 2.22. The van der Waals surface area contributed by atoms with Gasteiger partial charge in [0.25, 0.3) is 0 Å². The summed E-state index contributed by atoms with van der Waals surface area (Å²) in [4.78, 5) is 12.0. The lowest BCUT2D eigenvalue weighted by Crippen LogP contribution is -2.32. The van der Waals surface area contributed by atoms with Crippen LogP contribution in [0.15, 0.2) is 71.6 Å². The minimum absolute atomic E-state index is 0.0392. The van der Waals surface area contributed by atoms with Crippen LogP contribution in [0.5, 0.6) is 0 Å². The number of benzene rings is 2. The third-order valence-corrected chi connectivity index (χ3v) is 5.81. The van der Waals surface area contributed by atoms with Crippen molar-refractivity contribution < 1.29 is 17.9 Å². The summed E-state index contributed by atoms with van der Waals surface area (Å²) < 4.78 is 31.8. The van der Waals surface area contributed by atoms with Crippen LogP contribution < -0.4 is 0 Å². The summed E-state index contributed by atoms with van der Waals surface area (Å²) in [5.74, 6) is 1.90. The van der Waals surface area contributed by atoms with Crippen LogP contribution in [0.1, 0.15) is 17.5 Å². The second-order valence-electron chi connectivity index (χ2n) is 6.14. The molecule has 0 saturated heterocycles. The van der Waals surface area contributed by atoms with Crippen LogP contribution in [0.25, 0.3) is 0 Å². The highest BCUT2D eigenvalue weighted by atomic mass is 32.2. The second kappa shape index (κ2) is 10.5. The molecule has 28 heavy (non-hydrogen) atoms. The zero-order valence-corrected chi connectivity index (χ0v) is 16.6. The van der Waals surface area contributed by atoms with Gasteiger partial charge in [-0.3, -0.25) is 0 Å². The van der Waals surface area contributed by atoms with E-state index < -0.39 is 16.0 Å². The number of aryl methyl sites for hydroxylation is 1. The van der Waals surface area contributed by atoms with Crippen molar-refractivity contribution >= 4 is 16.0 Å². The Bertz CT molecular complexity index is 942. The van der Waals surface area contributed by atoms with Crippen LogP contribution in [-0.2, 0) is 26.2 Å². The van der Waals surface area contributed by atoms with E-state index >= 15 is 0 Å². The van der Waals surface area contributed by atoms with Gasteiger partial charge in [0.1, 0.15) is 6.61 Å². The van der Waals surface area contributed by atoms with Gasteiger partial charge in [-0.15, -0.1) is 6.42 Å². The van der Waals surface area contributed by atoms with Crippen molar-refractivity contribution in [3.63, 3.8) is 0 Å². The summed E-state index contributed by atoms with van der Waals surface area (Å²) in [5, 5.41) is 0. The lowest BCUT2D eigenvalue weighted by Gasteiger charge is -2.19. The van der Waals surface area contributed by atoms with Crippen LogP contribution in [-0.4, -0.2) is 31.8 Å². The van der Waals surface area contributed by atoms with Crippen molar-refractivity contribution in [1.29, 1.82) is 0 Å². The van der Waals surface area contributed by atoms with Gasteiger partial charge in [-0.05, 0) is 31.0 Å². The van der Waals surface area contributed by atoms with E-state index in [0.29, 0.717) is 6.42 Å². The molecular weight excluding hydrogens is 374 g/mol. The number of hydrogen-bond acceptors (Lipinski definition) is 4. The average Bonchev–Trinajstić information content (AvgIpc) is 2.69. The maximum Gasteiger partial charge on any atom is 0.330 e. The molecule has 0 amide bonds. The average molecular weight is 397 g/mol. The van der Waals surface area contributed by atoms with E-state index in [0.717, 1.165) is 11.1 Å². The van der Waals surface area contributed by atoms with Crippen LogP contribution in [0.4, 0.5) is 0 Å². The van der Waals surface area contributed by atoms with Gasteiger partial charge >= 0.3 is 5.97 Å². The molecule has 0 aliphatic heterocycles. The number of rotatable bonds is 9. The van der Waals surface area contributed by atoms with Gasteiger partial charge in [-0.2, -0.15) is 4.31 Å². The molecule has 2 aromatic carbocycles. The molecule has 0 saturated carbocycles. The Balaban J connectivity index is 1.90. The molecule has 0 N–H and O–H groups in total. The summed E-state index contributed by atoms with van der Waals surface area (Å²) in [6, 6.07) is 16.0. The van der Waals surface area contributed by atoms with E-state index in [-0.39, 0.29) is 24.6 Å². The normalized spacial score (nSPS) is 11.5. The molecule has 0 heterocycles. The number of nitrogens with zero attached hydrogens (tertiary/aromatic N) is 1. The van der Waals surface area contributed by atoms with Crippen molar-refractivity contribution in [3.05, 3.63) is 77.9 Å². The summed E-state index contributed by atoms with van der Waals surface area (Å²) >= 11 is 0. The zero-order valence-electron chi connectivity index (χ0n) is 15.7. The topological polar surface area (TPSA) is 63.7 Å². The van der Waals surface area contributed by atoms with Gasteiger partial charge in [0.05, 0.1) is 11.4 Å². The largest absolute Gasteiger partial charge is 0.458 e. The molecule has 0 bridgehead atoms. The third-order valence-electron chi connectivity index (χ3n) is 3.95. The molecule has 0 radical (unpaired) electrons. The number of terminal acetylenes is 1. The van der Waals surface area contributed by atoms with Gasteiger partial charge < -0.3 is 4.74 Å². The summed E-state index contributed by atoms with van der Waals surface area (Å²) in [6.07, 6.45) is 8.55. The van der Waals surface area contributed by atoms with Crippen molar-refractivity contribution in [1.82, 2.24) is 4.31 Å². The molecule has 0 fully saturated rings. The number of esters is 1. The van der Waals surface area contributed by atoms with E-state index in [4.69, 9.17) is 11.2 Å². The number of sulfonamides is 1. The molecule has 0 aliphatic rings. The Kier molecular flexibility index (Phi) is 8.00. The molecule has 5 nitrogen and oxygen atoms in total. The number of carbonyl (C=O) groups is 1. The number of ether oxygens (including phenoxy) is 1. The standard InChI is InChI=1S/C22H23NO4S/c1-3-16-23(28(25,26)21-14-12-19(2)13-15-21)17-8-7-11-22(24)27-18-20-9-5-4-6-10-20/h1,4-7,9-15H,8,16-18H2,2H3/b11-7+. The van der Waals surface area contributed by atoms with E-state index in [9.17, 15) is 13.2 Å². The van der Waals surface area contributed by atoms with Crippen molar-refractivity contribution in [2.75, 3.05) is 13.1 Å². The van der Waals surface area contributed by atoms with Crippen molar-refractivity contribution in [3.8, 4) is 12.3 Å². The fraction of sp³-hybridized carbons (Fsp3) is 0.227. The van der Waals surface area contributed by atoms with E-state index in [1.54, 1.807) is 30.3 Å². The molecule has 0 aliphatic carbocycles. The predicted octanol–water partition coefficient (Wildman–Crippen LogP) is 3.31. The minimum Gasteiger partial charge on any atom is -0.458 e. The maximum atomic E-state index is 12.7. The molecule has 0 unspecified atom stereocenters. The van der Waals surface area contributed by atoms with Gasteiger partial charge in [-0.25, -0.2) is 13.2 Å². The first kappa shape index (κ1) is 21.4. The Morgan fingerprint density at radius 3 is 2.46 bits per heavy atom. The first-order valence-electron chi connectivity index (χ1n) is 8.81. The monoisotopic (exact) mass is 397 g/mol. The first-order chi connectivity index (χ1) is 13.4. The summed E-state index contributed by atoms with van der Waals surface area (Å²) in [5.41, 5.74) is 1.87. The molecule has 0 atom stereocenters. The Hall–Kier alpha value is -2.88. The van der Waals surface area contributed by atoms with Gasteiger partial charge in [0, 0.05) is 12.6 Å². The number of hydrogen-bond donors (Lipinski definition) is 0. The minimum atomic E-state index is -3.69. The van der Waals surface area contributed by atoms with E-state index in [1.165, 1.54) is 10.4 Å². The quantitative estimate of drug-likeness (QED) is 0.370. The molecule has 146 valence electrons. The van der Waals surface area contributed by atoms with E-state index in [2.05, 4.69) is 5.92 Å². The fourth-order valence-corrected chi connectivity index (χ4v) is 3.79. The SMILES string of the molecule is C#CCN(CC/C=C/C(=O)OCc1ccccc1)S(=O)(=O)c1ccc(C)cc1. The number of carbonyl (C=O) groups excluding carboxylic acids is 1. The van der Waals surface area contributed by atoms with E-state index in [1.807, 2.05) is 37.3 Å². The van der Waals surface area contributed by atoms with Gasteiger partial charge in [-0.1, -0.05) is 60.0 Å². The lowest BCUT2D eigenvalue weighted by molar-refractivity contribution is -0.139. The summed E-state index contributed by atoms with van der Waals surface area (Å²) in [6.45, 7) is 2.21. The maximum absolute atomic E-state index is 12.7. The zero-order chi connectivity index (χ0) is 20.4.